The number of likely N-dealkylation sites (tertiary alicyclic amines) is 1. The van der Waals surface area contributed by atoms with E-state index in [2.05, 4.69) is 16.0 Å². The van der Waals surface area contributed by atoms with E-state index in [4.69, 9.17) is 26.3 Å². The zero-order chi connectivity index (χ0) is 24.2. The van der Waals surface area contributed by atoms with Crippen molar-refractivity contribution in [3.63, 3.8) is 0 Å². The highest BCUT2D eigenvalue weighted by Gasteiger charge is 2.26. The van der Waals surface area contributed by atoms with Crippen molar-refractivity contribution in [1.29, 1.82) is 0 Å². The third-order valence-electron chi connectivity index (χ3n) is 6.55. The van der Waals surface area contributed by atoms with Crippen LogP contribution in [-0.4, -0.2) is 45.2 Å². The lowest BCUT2D eigenvalue weighted by Gasteiger charge is -2.32. The summed E-state index contributed by atoms with van der Waals surface area (Å²) in [6.07, 6.45) is 7.40. The first-order valence-electron chi connectivity index (χ1n) is 11.7. The molecule has 0 spiro atoms. The van der Waals surface area contributed by atoms with Crippen LogP contribution in [0.4, 0.5) is 0 Å². The average Bonchev–Trinajstić information content (AvgIpc) is 2.91. The predicted octanol–water partition coefficient (Wildman–Crippen LogP) is 5.95. The van der Waals surface area contributed by atoms with Crippen LogP contribution in [0.3, 0.4) is 0 Å². The van der Waals surface area contributed by atoms with Gasteiger partial charge in [-0.3, -0.25) is 9.88 Å². The number of halogens is 1. The number of benzene rings is 2. The van der Waals surface area contributed by atoms with Gasteiger partial charge < -0.3 is 9.84 Å². The van der Waals surface area contributed by atoms with E-state index in [1.807, 2.05) is 48.7 Å². The summed E-state index contributed by atoms with van der Waals surface area (Å²) in [5, 5.41) is 10.8. The fourth-order valence-electron chi connectivity index (χ4n) is 4.64. The van der Waals surface area contributed by atoms with Gasteiger partial charge in [0.05, 0.1) is 12.8 Å². The molecule has 0 aliphatic carbocycles. The number of ether oxygens (including phenoxy) is 1. The number of rotatable bonds is 6. The van der Waals surface area contributed by atoms with Crippen molar-refractivity contribution in [3.8, 4) is 34.0 Å². The zero-order valence-corrected chi connectivity index (χ0v) is 20.3. The van der Waals surface area contributed by atoms with E-state index in [0.717, 1.165) is 59.6 Å². The number of aromatic nitrogens is 3. The first-order chi connectivity index (χ1) is 17.1. The van der Waals surface area contributed by atoms with E-state index < -0.39 is 0 Å². The molecule has 1 aliphatic rings. The van der Waals surface area contributed by atoms with Gasteiger partial charge >= 0.3 is 0 Å². The normalized spacial score (nSPS) is 14.7. The summed E-state index contributed by atoms with van der Waals surface area (Å²) in [5.41, 5.74) is 5.00. The molecule has 1 fully saturated rings. The number of aromatic hydroxyl groups is 1. The predicted molar refractivity (Wildman–Crippen MR) is 138 cm³/mol. The molecule has 0 unspecified atom stereocenters. The quantitative estimate of drug-likeness (QED) is 0.363. The van der Waals surface area contributed by atoms with Crippen molar-refractivity contribution in [2.45, 2.75) is 25.3 Å². The number of piperidine rings is 1. The molecule has 2 aromatic heterocycles. The molecule has 178 valence electrons. The highest BCUT2D eigenvalue weighted by atomic mass is 35.5. The van der Waals surface area contributed by atoms with Crippen LogP contribution >= 0.6 is 11.6 Å². The molecule has 35 heavy (non-hydrogen) atoms. The topological polar surface area (TPSA) is 71.4 Å². The van der Waals surface area contributed by atoms with Gasteiger partial charge in [0.2, 0.25) is 0 Å². The lowest BCUT2D eigenvalue weighted by atomic mass is 9.88. The van der Waals surface area contributed by atoms with Gasteiger partial charge in [0.1, 0.15) is 11.5 Å². The molecular weight excluding hydrogens is 460 g/mol. The maximum absolute atomic E-state index is 10.3. The number of pyridine rings is 1. The minimum Gasteiger partial charge on any atom is -0.508 e. The molecule has 6 nitrogen and oxygen atoms in total. The molecule has 0 saturated carbocycles. The maximum atomic E-state index is 10.3. The van der Waals surface area contributed by atoms with Crippen molar-refractivity contribution in [1.82, 2.24) is 19.9 Å². The first kappa shape index (κ1) is 23.3. The van der Waals surface area contributed by atoms with Gasteiger partial charge in [-0.2, -0.15) is 0 Å². The zero-order valence-electron chi connectivity index (χ0n) is 19.6. The van der Waals surface area contributed by atoms with Gasteiger partial charge in [-0.25, -0.2) is 9.97 Å². The number of hydrogen-bond donors (Lipinski definition) is 1. The number of methoxy groups -OCH3 is 1. The monoisotopic (exact) mass is 486 g/mol. The Morgan fingerprint density at radius 3 is 2.57 bits per heavy atom. The second-order valence-corrected chi connectivity index (χ2v) is 9.22. The van der Waals surface area contributed by atoms with Crippen molar-refractivity contribution >= 4 is 11.6 Å². The van der Waals surface area contributed by atoms with Crippen molar-refractivity contribution in [2.24, 2.45) is 0 Å². The Morgan fingerprint density at radius 1 is 1.03 bits per heavy atom. The van der Waals surface area contributed by atoms with Crippen LogP contribution < -0.4 is 4.74 Å². The number of hydrogen-bond acceptors (Lipinski definition) is 6. The summed E-state index contributed by atoms with van der Waals surface area (Å²) < 4.78 is 5.46. The van der Waals surface area contributed by atoms with Crippen LogP contribution in [0.2, 0.25) is 5.02 Å². The molecule has 7 heteroatoms. The summed E-state index contributed by atoms with van der Waals surface area (Å²) in [4.78, 5) is 16.3. The smallest absolute Gasteiger partial charge is 0.159 e. The standard InChI is InChI=1S/C28H27ClN4O2/c1-35-24-4-2-3-21(15-24)25-17-31-28(20-7-11-30-12-8-20)32-27(25)19-9-13-33(14-10-19)18-22-5-6-23(29)16-26(22)34/h2-8,11-12,15-17,19,34H,9-10,13-14,18H2,1H3. The Morgan fingerprint density at radius 2 is 1.83 bits per heavy atom. The minimum absolute atomic E-state index is 0.248. The molecule has 0 amide bonds. The number of phenolic OH excluding ortho intramolecular Hbond substituents is 1. The molecule has 0 bridgehead atoms. The van der Waals surface area contributed by atoms with E-state index >= 15 is 0 Å². The van der Waals surface area contributed by atoms with Crippen LogP contribution in [0.15, 0.2) is 73.2 Å². The van der Waals surface area contributed by atoms with Gasteiger partial charge in [0, 0.05) is 52.8 Å². The molecule has 0 radical (unpaired) electrons. The van der Waals surface area contributed by atoms with E-state index in [9.17, 15) is 5.11 Å². The van der Waals surface area contributed by atoms with Crippen molar-refractivity contribution in [3.05, 3.63) is 89.5 Å². The summed E-state index contributed by atoms with van der Waals surface area (Å²) in [7, 11) is 1.68. The lowest BCUT2D eigenvalue weighted by molar-refractivity contribution is 0.201. The molecule has 1 aliphatic heterocycles. The molecule has 1 N–H and O–H groups in total. The average molecular weight is 487 g/mol. The Hall–Kier alpha value is -3.48. The van der Waals surface area contributed by atoms with Crippen molar-refractivity contribution in [2.75, 3.05) is 20.2 Å². The van der Waals surface area contributed by atoms with Crippen LogP contribution in [-0.2, 0) is 6.54 Å². The summed E-state index contributed by atoms with van der Waals surface area (Å²) in [6.45, 7) is 2.53. The second kappa shape index (κ2) is 10.4. The summed E-state index contributed by atoms with van der Waals surface area (Å²) >= 11 is 5.99. The van der Waals surface area contributed by atoms with Gasteiger partial charge in [-0.15, -0.1) is 0 Å². The maximum Gasteiger partial charge on any atom is 0.159 e. The number of nitrogens with zero attached hydrogens (tertiary/aromatic N) is 4. The van der Waals surface area contributed by atoms with E-state index in [1.165, 1.54) is 0 Å². The van der Waals surface area contributed by atoms with Crippen molar-refractivity contribution < 1.29 is 9.84 Å². The number of phenols is 1. The Balaban J connectivity index is 1.42. The molecule has 2 aromatic carbocycles. The summed E-state index contributed by atoms with van der Waals surface area (Å²) in [6, 6.07) is 17.3. The van der Waals surface area contributed by atoms with Gasteiger partial charge in [0.15, 0.2) is 5.82 Å². The first-order valence-corrected chi connectivity index (χ1v) is 12.1. The third-order valence-corrected chi connectivity index (χ3v) is 6.79. The fraction of sp³-hybridized carbons (Fsp3) is 0.250. The Labute approximate surface area is 210 Å². The lowest BCUT2D eigenvalue weighted by Crippen LogP contribution is -2.33. The molecular formula is C28H27ClN4O2. The molecule has 4 aromatic rings. The van der Waals surface area contributed by atoms with Gasteiger partial charge in [-0.05, 0) is 67.9 Å². The minimum atomic E-state index is 0.248. The highest BCUT2D eigenvalue weighted by molar-refractivity contribution is 6.30. The molecule has 3 heterocycles. The summed E-state index contributed by atoms with van der Waals surface area (Å²) in [5.74, 6) is 2.07. The highest BCUT2D eigenvalue weighted by Crippen LogP contribution is 2.36. The van der Waals surface area contributed by atoms with Crippen LogP contribution in [0.25, 0.3) is 22.5 Å². The Kier molecular flexibility index (Phi) is 6.93. The SMILES string of the molecule is COc1cccc(-c2cnc(-c3ccncc3)nc2C2CCN(Cc3ccc(Cl)cc3O)CC2)c1. The van der Waals surface area contributed by atoms with Crippen LogP contribution in [0, 0.1) is 0 Å². The largest absolute Gasteiger partial charge is 0.508 e. The second-order valence-electron chi connectivity index (χ2n) is 8.78. The van der Waals surface area contributed by atoms with Gasteiger partial charge in [0.25, 0.3) is 0 Å². The fourth-order valence-corrected chi connectivity index (χ4v) is 4.80. The third kappa shape index (κ3) is 5.29. The van der Waals surface area contributed by atoms with E-state index in [1.54, 1.807) is 25.6 Å². The van der Waals surface area contributed by atoms with Crippen LogP contribution in [0.1, 0.15) is 30.0 Å². The van der Waals surface area contributed by atoms with Gasteiger partial charge in [-0.1, -0.05) is 29.8 Å². The molecule has 1 saturated heterocycles. The molecule has 5 rings (SSSR count). The van der Waals surface area contributed by atoms with E-state index in [-0.39, 0.29) is 5.75 Å². The van der Waals surface area contributed by atoms with Crippen LogP contribution in [0.5, 0.6) is 11.5 Å². The Bertz CT molecular complexity index is 1310. The van der Waals surface area contributed by atoms with E-state index in [0.29, 0.717) is 23.3 Å². The molecule has 0 atom stereocenters.